The summed E-state index contributed by atoms with van der Waals surface area (Å²) in [7, 11) is 1.23. The third-order valence-electron chi connectivity index (χ3n) is 6.57. The van der Waals surface area contributed by atoms with E-state index in [1.165, 1.54) is 22.0 Å². The second-order valence-electron chi connectivity index (χ2n) is 10.3. The number of benzene rings is 1. The number of hydrogen-bond donors (Lipinski definition) is 0. The lowest BCUT2D eigenvalue weighted by Gasteiger charge is -2.34. The van der Waals surface area contributed by atoms with Crippen LogP contribution in [0.1, 0.15) is 52.0 Å². The first-order valence-electron chi connectivity index (χ1n) is 12.3. The van der Waals surface area contributed by atoms with Gasteiger partial charge in [-0.2, -0.15) is 10.1 Å². The number of amides is 5. The van der Waals surface area contributed by atoms with Gasteiger partial charge in [0.2, 0.25) is 0 Å². The number of carbonyl (C=O) groups excluding carboxylic acids is 4. The van der Waals surface area contributed by atoms with Crippen molar-refractivity contribution in [2.45, 2.75) is 76.8 Å². The van der Waals surface area contributed by atoms with E-state index < -0.39 is 41.6 Å². The molecule has 2 bridgehead atoms. The average Bonchev–Trinajstić information content (AvgIpc) is 3.42. The molecule has 1 aromatic rings. The standard InChI is InChI=1S/C25H34N4O7/c1-25(2,3)36-24(33)26-14-8-11-19(26)21(30)29(34-4)22(31)20-13-12-18-15-27(20)23(32)28(18)35-16-17-9-6-5-7-10-17/h5-7,9-10,18-20H,8,11-16H2,1-4H3/t18-,19+,20+/m1/s1. The van der Waals surface area contributed by atoms with Crippen LogP contribution in [-0.2, 0) is 30.6 Å². The Morgan fingerprint density at radius 1 is 1.03 bits per heavy atom. The lowest BCUT2D eigenvalue weighted by atomic mass is 10.00. The van der Waals surface area contributed by atoms with Gasteiger partial charge in [-0.3, -0.25) is 24.2 Å². The molecular weight excluding hydrogens is 468 g/mol. The van der Waals surface area contributed by atoms with Crippen LogP contribution in [-0.4, -0.2) is 87.8 Å². The maximum atomic E-state index is 13.4. The number of rotatable bonds is 6. The number of imide groups is 1. The average molecular weight is 503 g/mol. The normalized spacial score (nSPS) is 23.7. The highest BCUT2D eigenvalue weighted by Crippen LogP contribution is 2.32. The molecule has 0 unspecified atom stereocenters. The molecule has 4 rings (SSSR count). The Labute approximate surface area is 210 Å². The monoisotopic (exact) mass is 502 g/mol. The zero-order chi connectivity index (χ0) is 26.0. The van der Waals surface area contributed by atoms with E-state index in [-0.39, 0.29) is 12.6 Å². The van der Waals surface area contributed by atoms with Crippen LogP contribution in [0.15, 0.2) is 30.3 Å². The van der Waals surface area contributed by atoms with E-state index in [1.807, 2.05) is 30.3 Å². The minimum atomic E-state index is -0.875. The first-order valence-corrected chi connectivity index (χ1v) is 12.3. The molecular formula is C25H34N4O7. The van der Waals surface area contributed by atoms with E-state index >= 15 is 0 Å². The predicted molar refractivity (Wildman–Crippen MR) is 127 cm³/mol. The van der Waals surface area contributed by atoms with E-state index in [0.29, 0.717) is 43.8 Å². The number of nitrogens with zero attached hydrogens (tertiary/aromatic N) is 4. The summed E-state index contributed by atoms with van der Waals surface area (Å²) in [5, 5.41) is 2.03. The number of fused-ring (bicyclic) bond motifs is 2. The van der Waals surface area contributed by atoms with Gasteiger partial charge in [0, 0.05) is 13.1 Å². The molecule has 3 atom stereocenters. The van der Waals surface area contributed by atoms with Crippen molar-refractivity contribution in [2.24, 2.45) is 0 Å². The number of ether oxygens (including phenoxy) is 1. The Morgan fingerprint density at radius 3 is 2.39 bits per heavy atom. The summed E-state index contributed by atoms with van der Waals surface area (Å²) in [6.07, 6.45) is 1.30. The molecule has 0 aliphatic carbocycles. The molecule has 0 aromatic heterocycles. The fourth-order valence-corrected chi connectivity index (χ4v) is 4.89. The van der Waals surface area contributed by atoms with Crippen LogP contribution < -0.4 is 0 Å². The van der Waals surface area contributed by atoms with E-state index in [1.54, 1.807) is 20.8 Å². The third-order valence-corrected chi connectivity index (χ3v) is 6.57. The number of hydrogen-bond acceptors (Lipinski definition) is 7. The number of carbonyl (C=O) groups is 4. The second-order valence-corrected chi connectivity index (χ2v) is 10.3. The quantitative estimate of drug-likeness (QED) is 0.435. The van der Waals surface area contributed by atoms with Crippen LogP contribution in [0.5, 0.6) is 0 Å². The zero-order valence-corrected chi connectivity index (χ0v) is 21.2. The Morgan fingerprint density at radius 2 is 1.72 bits per heavy atom. The summed E-state index contributed by atoms with van der Waals surface area (Å²) in [6.45, 7) is 6.15. The first kappa shape index (κ1) is 25.9. The van der Waals surface area contributed by atoms with Crippen molar-refractivity contribution in [3.8, 4) is 0 Å². The Hall–Kier alpha value is -3.18. The maximum absolute atomic E-state index is 13.4. The van der Waals surface area contributed by atoms with E-state index in [9.17, 15) is 19.2 Å². The molecule has 0 radical (unpaired) electrons. The molecule has 5 amide bonds. The second kappa shape index (κ2) is 10.4. The molecule has 3 heterocycles. The van der Waals surface area contributed by atoms with Gasteiger partial charge in [-0.25, -0.2) is 9.59 Å². The van der Waals surface area contributed by atoms with Crippen molar-refractivity contribution < 1.29 is 33.6 Å². The number of hydroxylamine groups is 4. The smallest absolute Gasteiger partial charge is 0.410 e. The molecule has 11 heteroatoms. The van der Waals surface area contributed by atoms with E-state index in [4.69, 9.17) is 14.4 Å². The highest BCUT2D eigenvalue weighted by molar-refractivity contribution is 6.01. The molecule has 3 saturated heterocycles. The summed E-state index contributed by atoms with van der Waals surface area (Å²) in [4.78, 5) is 66.3. The molecule has 11 nitrogen and oxygen atoms in total. The van der Waals surface area contributed by atoms with Crippen LogP contribution in [0, 0.1) is 0 Å². The molecule has 36 heavy (non-hydrogen) atoms. The fourth-order valence-electron chi connectivity index (χ4n) is 4.89. The Balaban J connectivity index is 1.42. The van der Waals surface area contributed by atoms with Crippen LogP contribution in [0.3, 0.4) is 0 Å². The minimum Gasteiger partial charge on any atom is -0.444 e. The van der Waals surface area contributed by atoms with Crippen LogP contribution >= 0.6 is 0 Å². The topological polar surface area (TPSA) is 109 Å². The molecule has 0 N–H and O–H groups in total. The highest BCUT2D eigenvalue weighted by atomic mass is 16.7. The van der Waals surface area contributed by atoms with E-state index in [2.05, 4.69) is 0 Å². The van der Waals surface area contributed by atoms with Crippen LogP contribution in [0.2, 0.25) is 0 Å². The molecule has 196 valence electrons. The van der Waals surface area contributed by atoms with Gasteiger partial charge < -0.3 is 9.64 Å². The molecule has 3 fully saturated rings. The predicted octanol–water partition coefficient (Wildman–Crippen LogP) is 2.70. The van der Waals surface area contributed by atoms with Gasteiger partial charge in [-0.05, 0) is 52.0 Å². The summed E-state index contributed by atoms with van der Waals surface area (Å²) in [5.41, 5.74) is 0.212. The lowest BCUT2D eigenvalue weighted by molar-refractivity contribution is -0.193. The van der Waals surface area contributed by atoms with Gasteiger partial charge in [0.25, 0.3) is 11.8 Å². The molecule has 0 saturated carbocycles. The summed E-state index contributed by atoms with van der Waals surface area (Å²) in [6, 6.07) is 7.19. The Bertz CT molecular complexity index is 996. The van der Waals surface area contributed by atoms with Gasteiger partial charge in [0.1, 0.15) is 24.3 Å². The third kappa shape index (κ3) is 5.31. The molecule has 0 spiro atoms. The zero-order valence-electron chi connectivity index (χ0n) is 21.2. The van der Waals surface area contributed by atoms with Crippen molar-refractivity contribution in [3.05, 3.63) is 35.9 Å². The first-order chi connectivity index (χ1) is 17.1. The van der Waals surface area contributed by atoms with Gasteiger partial charge in [0.15, 0.2) is 0 Å². The number of urea groups is 1. The summed E-state index contributed by atoms with van der Waals surface area (Å²) >= 11 is 0. The van der Waals surface area contributed by atoms with Gasteiger partial charge in [-0.1, -0.05) is 30.3 Å². The summed E-state index contributed by atoms with van der Waals surface area (Å²) < 4.78 is 5.43. The van der Waals surface area contributed by atoms with E-state index in [0.717, 1.165) is 5.56 Å². The Kier molecular flexibility index (Phi) is 7.51. The lowest BCUT2D eigenvalue weighted by Crippen LogP contribution is -2.56. The molecule has 3 aliphatic heterocycles. The maximum Gasteiger partial charge on any atom is 0.410 e. The van der Waals surface area contributed by atoms with Crippen molar-refractivity contribution in [1.29, 1.82) is 0 Å². The van der Waals surface area contributed by atoms with Crippen molar-refractivity contribution in [2.75, 3.05) is 20.2 Å². The fraction of sp³-hybridized carbons (Fsp3) is 0.600. The number of piperidine rings is 1. The highest BCUT2D eigenvalue weighted by Gasteiger charge is 2.51. The van der Waals surface area contributed by atoms with Gasteiger partial charge in [0.05, 0.1) is 13.2 Å². The van der Waals surface area contributed by atoms with Crippen molar-refractivity contribution in [3.63, 3.8) is 0 Å². The van der Waals surface area contributed by atoms with Crippen molar-refractivity contribution in [1.82, 2.24) is 19.9 Å². The molecule has 1 aromatic carbocycles. The number of likely N-dealkylation sites (tertiary alicyclic amines) is 1. The van der Waals surface area contributed by atoms with Crippen LogP contribution in [0.4, 0.5) is 9.59 Å². The van der Waals surface area contributed by atoms with Crippen molar-refractivity contribution >= 4 is 23.9 Å². The minimum absolute atomic E-state index is 0.172. The summed E-state index contributed by atoms with van der Waals surface area (Å²) in [5.74, 6) is -1.27. The largest absolute Gasteiger partial charge is 0.444 e. The molecule has 3 aliphatic rings. The van der Waals surface area contributed by atoms with Gasteiger partial charge >= 0.3 is 12.1 Å². The SMILES string of the molecule is CON(C(=O)[C@@H]1CCCN1C(=O)OC(C)(C)C)C(=O)[C@@H]1CC[C@@H]2CN1C(=O)N2OCc1ccccc1. The van der Waals surface area contributed by atoms with Crippen LogP contribution in [0.25, 0.3) is 0 Å². The van der Waals surface area contributed by atoms with Gasteiger partial charge in [-0.15, -0.1) is 0 Å².